The monoisotopic (exact) mass is 390 g/mol. The van der Waals surface area contributed by atoms with Crippen molar-refractivity contribution < 1.29 is 18.7 Å². The third kappa shape index (κ3) is 4.11. The zero-order valence-corrected chi connectivity index (χ0v) is 15.5. The van der Waals surface area contributed by atoms with Crippen LogP contribution in [-0.2, 0) is 11.3 Å². The Hall–Kier alpha value is -3.67. The number of carbonyl (C=O) groups is 2. The zero-order valence-electron chi connectivity index (χ0n) is 15.5. The Morgan fingerprint density at radius 1 is 0.966 bits per heavy atom. The van der Waals surface area contributed by atoms with E-state index in [4.69, 9.17) is 4.74 Å². The van der Waals surface area contributed by atoms with Gasteiger partial charge in [0.25, 0.3) is 11.8 Å². The molecule has 0 fully saturated rings. The van der Waals surface area contributed by atoms with Crippen molar-refractivity contribution in [3.05, 3.63) is 95.8 Å². The van der Waals surface area contributed by atoms with Gasteiger partial charge in [-0.15, -0.1) is 0 Å². The van der Waals surface area contributed by atoms with E-state index in [1.807, 2.05) is 30.3 Å². The minimum atomic E-state index is -0.849. The van der Waals surface area contributed by atoms with Crippen molar-refractivity contribution in [3.8, 4) is 5.75 Å². The lowest BCUT2D eigenvalue weighted by Gasteiger charge is -2.34. The summed E-state index contributed by atoms with van der Waals surface area (Å²) in [6, 6.07) is 21.9. The number of fused-ring (bicyclic) bond motifs is 1. The fourth-order valence-electron chi connectivity index (χ4n) is 3.21. The van der Waals surface area contributed by atoms with Crippen LogP contribution in [0.5, 0.6) is 5.75 Å². The quantitative estimate of drug-likeness (QED) is 0.741. The van der Waals surface area contributed by atoms with Crippen LogP contribution in [0, 0.1) is 5.82 Å². The van der Waals surface area contributed by atoms with E-state index in [2.05, 4.69) is 5.32 Å². The molecule has 0 aliphatic carbocycles. The number of nitrogens with zero attached hydrogens (tertiary/aromatic N) is 1. The molecule has 0 bridgehead atoms. The second-order valence-electron chi connectivity index (χ2n) is 6.70. The van der Waals surface area contributed by atoms with Crippen molar-refractivity contribution >= 4 is 17.5 Å². The smallest absolute Gasteiger partial charge is 0.263 e. The molecule has 0 spiro atoms. The van der Waals surface area contributed by atoms with Gasteiger partial charge in [0.2, 0.25) is 0 Å². The molecule has 1 N–H and O–H groups in total. The zero-order chi connectivity index (χ0) is 20.2. The maximum absolute atomic E-state index is 13.2. The predicted octanol–water partition coefficient (Wildman–Crippen LogP) is 3.55. The second-order valence-corrected chi connectivity index (χ2v) is 6.70. The van der Waals surface area contributed by atoms with Crippen LogP contribution in [0.2, 0.25) is 0 Å². The van der Waals surface area contributed by atoms with Gasteiger partial charge >= 0.3 is 0 Å². The molecule has 0 aromatic heterocycles. The topological polar surface area (TPSA) is 58.6 Å². The molecule has 0 saturated heterocycles. The van der Waals surface area contributed by atoms with Gasteiger partial charge < -0.3 is 15.0 Å². The lowest BCUT2D eigenvalue weighted by molar-refractivity contribution is -0.127. The minimum absolute atomic E-state index is 0.0633. The average Bonchev–Trinajstić information content (AvgIpc) is 2.77. The van der Waals surface area contributed by atoms with Crippen LogP contribution in [0.15, 0.2) is 78.9 Å². The number of amides is 2. The molecule has 1 atom stereocenters. The van der Waals surface area contributed by atoms with Crippen molar-refractivity contribution in [1.82, 2.24) is 5.32 Å². The van der Waals surface area contributed by atoms with Gasteiger partial charge in [-0.2, -0.15) is 0 Å². The molecule has 6 heteroatoms. The van der Waals surface area contributed by atoms with Crippen LogP contribution in [0.25, 0.3) is 0 Å². The van der Waals surface area contributed by atoms with Crippen LogP contribution in [0.3, 0.4) is 0 Å². The molecule has 1 aliphatic rings. The molecule has 1 heterocycles. The highest BCUT2D eigenvalue weighted by molar-refractivity contribution is 6.07. The molecule has 5 nitrogen and oxygen atoms in total. The molecule has 3 aromatic carbocycles. The van der Waals surface area contributed by atoms with Crippen molar-refractivity contribution in [2.45, 2.75) is 12.6 Å². The molecule has 4 rings (SSSR count). The first-order valence-electron chi connectivity index (χ1n) is 9.26. The van der Waals surface area contributed by atoms with Crippen molar-refractivity contribution in [2.75, 3.05) is 11.4 Å². The Kier molecular flexibility index (Phi) is 5.24. The molecule has 29 heavy (non-hydrogen) atoms. The highest BCUT2D eigenvalue weighted by Crippen LogP contribution is 2.34. The number of hydrogen-bond acceptors (Lipinski definition) is 3. The van der Waals surface area contributed by atoms with Gasteiger partial charge in [0.05, 0.1) is 12.2 Å². The first-order valence-corrected chi connectivity index (χ1v) is 9.26. The van der Waals surface area contributed by atoms with Crippen LogP contribution < -0.4 is 15.0 Å². The fourth-order valence-corrected chi connectivity index (χ4v) is 3.21. The molecule has 3 aromatic rings. The van der Waals surface area contributed by atoms with Crippen LogP contribution in [0.1, 0.15) is 15.9 Å². The minimum Gasteiger partial charge on any atom is -0.477 e. The van der Waals surface area contributed by atoms with E-state index in [1.165, 1.54) is 29.2 Å². The molecule has 0 radical (unpaired) electrons. The first kappa shape index (κ1) is 18.7. The van der Waals surface area contributed by atoms with Crippen molar-refractivity contribution in [3.63, 3.8) is 0 Å². The van der Waals surface area contributed by atoms with Crippen molar-refractivity contribution in [2.24, 2.45) is 0 Å². The van der Waals surface area contributed by atoms with E-state index >= 15 is 0 Å². The summed E-state index contributed by atoms with van der Waals surface area (Å²) in [6.07, 6.45) is -0.849. The number of hydrogen-bond donors (Lipinski definition) is 1. The summed E-state index contributed by atoms with van der Waals surface area (Å²) in [6.45, 7) is 0.431. The van der Waals surface area contributed by atoms with E-state index in [0.29, 0.717) is 23.5 Å². The number of nitrogens with one attached hydrogen (secondary N) is 1. The van der Waals surface area contributed by atoms with E-state index in [1.54, 1.807) is 24.3 Å². The SMILES string of the molecule is O=C(NCc1ccccc1)[C@@H]1CN(C(=O)c2ccc(F)cc2)c2ccccc2O1. The number of halogens is 1. The lowest BCUT2D eigenvalue weighted by atomic mass is 10.1. The van der Waals surface area contributed by atoms with Gasteiger partial charge in [-0.25, -0.2) is 4.39 Å². The average molecular weight is 390 g/mol. The van der Waals surface area contributed by atoms with Gasteiger partial charge in [0.1, 0.15) is 11.6 Å². The van der Waals surface area contributed by atoms with Crippen LogP contribution >= 0.6 is 0 Å². The van der Waals surface area contributed by atoms with Gasteiger partial charge in [-0.3, -0.25) is 9.59 Å². The normalized spacial score (nSPS) is 15.2. The third-order valence-electron chi connectivity index (χ3n) is 4.71. The second kappa shape index (κ2) is 8.14. The third-order valence-corrected chi connectivity index (χ3v) is 4.71. The van der Waals surface area contributed by atoms with Gasteiger partial charge in [0.15, 0.2) is 6.10 Å². The Balaban J connectivity index is 1.54. The lowest BCUT2D eigenvalue weighted by Crippen LogP contribution is -2.50. The Morgan fingerprint density at radius 2 is 1.66 bits per heavy atom. The van der Waals surface area contributed by atoms with Gasteiger partial charge in [0, 0.05) is 12.1 Å². The molecular formula is C23H19FN2O3. The Morgan fingerprint density at radius 3 is 2.41 bits per heavy atom. The number of rotatable bonds is 4. The van der Waals surface area contributed by atoms with Crippen LogP contribution in [-0.4, -0.2) is 24.5 Å². The maximum Gasteiger partial charge on any atom is 0.263 e. The molecule has 2 amide bonds. The molecule has 0 unspecified atom stereocenters. The largest absolute Gasteiger partial charge is 0.477 e. The maximum atomic E-state index is 13.2. The predicted molar refractivity (Wildman–Crippen MR) is 107 cm³/mol. The van der Waals surface area contributed by atoms with E-state index in [0.717, 1.165) is 5.56 Å². The number of para-hydroxylation sites is 2. The summed E-state index contributed by atoms with van der Waals surface area (Å²) in [4.78, 5) is 27.2. The number of benzene rings is 3. The summed E-state index contributed by atoms with van der Waals surface area (Å²) in [5, 5.41) is 2.85. The summed E-state index contributed by atoms with van der Waals surface area (Å²) in [7, 11) is 0. The Bertz CT molecular complexity index is 1020. The highest BCUT2D eigenvalue weighted by atomic mass is 19.1. The van der Waals surface area contributed by atoms with E-state index < -0.39 is 11.9 Å². The summed E-state index contributed by atoms with van der Waals surface area (Å²) in [5.41, 5.74) is 1.89. The van der Waals surface area contributed by atoms with Crippen molar-refractivity contribution in [1.29, 1.82) is 0 Å². The molecule has 1 aliphatic heterocycles. The van der Waals surface area contributed by atoms with Crippen LogP contribution in [0.4, 0.5) is 10.1 Å². The van der Waals surface area contributed by atoms with Gasteiger partial charge in [-0.05, 0) is 42.0 Å². The standard InChI is InChI=1S/C23H19FN2O3/c24-18-12-10-17(11-13-18)23(28)26-15-21(29-20-9-5-4-8-19(20)26)22(27)25-14-16-6-2-1-3-7-16/h1-13,21H,14-15H2,(H,25,27)/t21-/m0/s1. The fraction of sp³-hybridized carbons (Fsp3) is 0.130. The summed E-state index contributed by atoms with van der Waals surface area (Å²) in [5.74, 6) is -0.585. The Labute approximate surface area is 167 Å². The number of carbonyl (C=O) groups excluding carboxylic acids is 2. The van der Waals surface area contributed by atoms with E-state index in [9.17, 15) is 14.0 Å². The molecule has 0 saturated carbocycles. The summed E-state index contributed by atoms with van der Waals surface area (Å²) < 4.78 is 19.1. The molecule has 146 valence electrons. The highest BCUT2D eigenvalue weighted by Gasteiger charge is 2.34. The molecular weight excluding hydrogens is 371 g/mol. The first-order chi connectivity index (χ1) is 14.1. The van der Waals surface area contributed by atoms with E-state index in [-0.39, 0.29) is 18.4 Å². The number of ether oxygens (including phenoxy) is 1. The number of anilines is 1. The van der Waals surface area contributed by atoms with Gasteiger partial charge in [-0.1, -0.05) is 42.5 Å². The summed E-state index contributed by atoms with van der Waals surface area (Å²) >= 11 is 0.